The Balaban J connectivity index is 1.90. The second-order valence-corrected chi connectivity index (χ2v) is 8.33. The molecule has 0 unspecified atom stereocenters. The molecule has 0 aliphatic carbocycles. The summed E-state index contributed by atoms with van der Waals surface area (Å²) in [5.41, 5.74) is 1.44. The van der Waals surface area contributed by atoms with Crippen LogP contribution in [-0.2, 0) is 16.2 Å². The number of nitrogens with zero attached hydrogens (tertiary/aromatic N) is 1. The number of halogens is 4. The van der Waals surface area contributed by atoms with Crippen LogP contribution in [0.3, 0.4) is 0 Å². The molecular weight excluding hydrogens is 413 g/mol. The van der Waals surface area contributed by atoms with Gasteiger partial charge in [0.15, 0.2) is 0 Å². The normalized spacial score (nSPS) is 12.2. The third-order valence-corrected chi connectivity index (χ3v) is 5.93. The van der Waals surface area contributed by atoms with Crippen molar-refractivity contribution in [1.82, 2.24) is 4.57 Å². The lowest BCUT2D eigenvalue weighted by molar-refractivity contribution is -0.137. The highest BCUT2D eigenvalue weighted by Crippen LogP contribution is 2.36. The minimum absolute atomic E-state index is 0.0674. The summed E-state index contributed by atoms with van der Waals surface area (Å²) in [4.78, 5) is -0.0674. The van der Waals surface area contributed by atoms with Crippen LogP contribution in [0.25, 0.3) is 5.69 Å². The Bertz CT molecular complexity index is 1100. The Labute approximate surface area is 165 Å². The molecule has 0 aliphatic heterocycles. The number of rotatable bonds is 4. The summed E-state index contributed by atoms with van der Waals surface area (Å²) < 4.78 is 68.1. The van der Waals surface area contributed by atoms with E-state index >= 15 is 0 Å². The average Bonchev–Trinajstić information content (AvgIpc) is 2.94. The first-order chi connectivity index (χ1) is 13.0. The van der Waals surface area contributed by atoms with Crippen LogP contribution in [0.5, 0.6) is 0 Å². The van der Waals surface area contributed by atoms with E-state index in [1.54, 1.807) is 12.1 Å². The SMILES string of the molecule is Cc1ccc(C)n1-c1ccc(S(=O)(=O)Nc2ccc(Cl)c(C(F)(F)F)c2)cc1. The van der Waals surface area contributed by atoms with Gasteiger partial charge in [-0.25, -0.2) is 8.42 Å². The Morgan fingerprint density at radius 3 is 2.04 bits per heavy atom. The molecule has 3 rings (SSSR count). The summed E-state index contributed by atoms with van der Waals surface area (Å²) in [5, 5.41) is -0.503. The Morgan fingerprint density at radius 1 is 0.929 bits per heavy atom. The second kappa shape index (κ2) is 7.18. The monoisotopic (exact) mass is 428 g/mol. The topological polar surface area (TPSA) is 51.1 Å². The summed E-state index contributed by atoms with van der Waals surface area (Å²) in [5.74, 6) is 0. The van der Waals surface area contributed by atoms with Crippen molar-refractivity contribution in [1.29, 1.82) is 0 Å². The van der Waals surface area contributed by atoms with E-state index in [9.17, 15) is 21.6 Å². The number of aryl methyl sites for hydroxylation is 2. The number of anilines is 1. The van der Waals surface area contributed by atoms with Crippen molar-refractivity contribution in [3.05, 3.63) is 76.6 Å². The molecule has 9 heteroatoms. The molecule has 148 valence electrons. The van der Waals surface area contributed by atoms with Crippen LogP contribution in [0.1, 0.15) is 17.0 Å². The molecule has 1 N–H and O–H groups in total. The molecule has 4 nitrogen and oxygen atoms in total. The average molecular weight is 429 g/mol. The number of sulfonamides is 1. The molecule has 0 saturated carbocycles. The quantitative estimate of drug-likeness (QED) is 0.590. The zero-order valence-corrected chi connectivity index (χ0v) is 16.5. The van der Waals surface area contributed by atoms with Crippen LogP contribution in [0, 0.1) is 13.8 Å². The van der Waals surface area contributed by atoms with Crippen molar-refractivity contribution in [2.24, 2.45) is 0 Å². The van der Waals surface area contributed by atoms with Crippen molar-refractivity contribution in [2.45, 2.75) is 24.9 Å². The molecule has 0 radical (unpaired) electrons. The van der Waals surface area contributed by atoms with Crippen molar-refractivity contribution in [2.75, 3.05) is 4.72 Å². The number of benzene rings is 2. The fraction of sp³-hybridized carbons (Fsp3) is 0.158. The Morgan fingerprint density at radius 2 is 1.50 bits per heavy atom. The molecule has 0 amide bonds. The van der Waals surface area contributed by atoms with Gasteiger partial charge in [-0.05, 0) is 68.4 Å². The van der Waals surface area contributed by atoms with E-state index in [1.165, 1.54) is 18.2 Å². The summed E-state index contributed by atoms with van der Waals surface area (Å²) in [6.45, 7) is 3.86. The standard InChI is InChI=1S/C19H16ClF3N2O2S/c1-12-3-4-13(2)25(12)15-6-8-16(9-7-15)28(26,27)24-14-5-10-18(20)17(11-14)19(21,22)23/h3-11,24H,1-2H3. The molecular formula is C19H16ClF3N2O2S. The first-order valence-electron chi connectivity index (χ1n) is 8.14. The van der Waals surface area contributed by atoms with Gasteiger partial charge in [0.25, 0.3) is 10.0 Å². The molecule has 0 spiro atoms. The molecule has 28 heavy (non-hydrogen) atoms. The zero-order chi connectivity index (χ0) is 20.7. The minimum Gasteiger partial charge on any atom is -0.319 e. The van der Waals surface area contributed by atoms with Gasteiger partial charge in [0.1, 0.15) is 0 Å². The lowest BCUT2D eigenvalue weighted by atomic mass is 10.2. The molecule has 1 aromatic heterocycles. The number of alkyl halides is 3. The Hall–Kier alpha value is -2.45. The van der Waals surface area contributed by atoms with Crippen LogP contribution in [0.4, 0.5) is 18.9 Å². The predicted octanol–water partition coefficient (Wildman–Crippen LogP) is 5.57. The van der Waals surface area contributed by atoms with E-state index < -0.39 is 26.8 Å². The summed E-state index contributed by atoms with van der Waals surface area (Å²) in [6.07, 6.45) is -4.69. The maximum atomic E-state index is 13.0. The first kappa shape index (κ1) is 20.3. The fourth-order valence-electron chi connectivity index (χ4n) is 2.87. The highest BCUT2D eigenvalue weighted by atomic mass is 35.5. The van der Waals surface area contributed by atoms with Crippen molar-refractivity contribution in [3.8, 4) is 5.69 Å². The number of nitrogens with one attached hydrogen (secondary N) is 1. The van der Waals surface area contributed by atoms with E-state index in [-0.39, 0.29) is 10.6 Å². The number of hydrogen-bond acceptors (Lipinski definition) is 2. The van der Waals surface area contributed by atoms with Crippen LogP contribution in [0.2, 0.25) is 5.02 Å². The van der Waals surface area contributed by atoms with Gasteiger partial charge in [0.2, 0.25) is 0 Å². The van der Waals surface area contributed by atoms with E-state index in [0.717, 1.165) is 23.1 Å². The van der Waals surface area contributed by atoms with Crippen molar-refractivity contribution < 1.29 is 21.6 Å². The third-order valence-electron chi connectivity index (χ3n) is 4.20. The molecule has 1 heterocycles. The molecule has 0 aliphatic rings. The zero-order valence-electron chi connectivity index (χ0n) is 14.9. The Kier molecular flexibility index (Phi) is 5.20. The largest absolute Gasteiger partial charge is 0.417 e. The van der Waals surface area contributed by atoms with E-state index in [1.807, 2.05) is 30.5 Å². The lowest BCUT2D eigenvalue weighted by Crippen LogP contribution is -2.14. The highest BCUT2D eigenvalue weighted by molar-refractivity contribution is 7.92. The van der Waals surface area contributed by atoms with E-state index in [4.69, 9.17) is 11.6 Å². The minimum atomic E-state index is -4.69. The van der Waals surface area contributed by atoms with Gasteiger partial charge in [0, 0.05) is 22.8 Å². The maximum Gasteiger partial charge on any atom is 0.417 e. The molecule has 0 atom stereocenters. The highest BCUT2D eigenvalue weighted by Gasteiger charge is 2.33. The van der Waals surface area contributed by atoms with Crippen molar-refractivity contribution >= 4 is 27.3 Å². The maximum absolute atomic E-state index is 13.0. The second-order valence-electron chi connectivity index (χ2n) is 6.24. The predicted molar refractivity (Wildman–Crippen MR) is 103 cm³/mol. The van der Waals surface area contributed by atoms with Gasteiger partial charge in [-0.3, -0.25) is 4.72 Å². The van der Waals surface area contributed by atoms with Gasteiger partial charge in [-0.15, -0.1) is 0 Å². The summed E-state index contributed by atoms with van der Waals surface area (Å²) in [7, 11) is -4.06. The van der Waals surface area contributed by atoms with Gasteiger partial charge in [-0.1, -0.05) is 11.6 Å². The summed E-state index contributed by atoms with van der Waals surface area (Å²) in [6, 6.07) is 12.8. The van der Waals surface area contributed by atoms with Crippen LogP contribution in [0.15, 0.2) is 59.5 Å². The molecule has 3 aromatic rings. The van der Waals surface area contributed by atoms with Crippen LogP contribution in [-0.4, -0.2) is 13.0 Å². The van der Waals surface area contributed by atoms with Gasteiger partial charge in [-0.2, -0.15) is 13.2 Å². The molecule has 2 aromatic carbocycles. The molecule has 0 bridgehead atoms. The lowest BCUT2D eigenvalue weighted by Gasteiger charge is -2.14. The van der Waals surface area contributed by atoms with Crippen molar-refractivity contribution in [3.63, 3.8) is 0 Å². The van der Waals surface area contributed by atoms with Crippen LogP contribution >= 0.6 is 11.6 Å². The van der Waals surface area contributed by atoms with Gasteiger partial charge < -0.3 is 4.57 Å². The van der Waals surface area contributed by atoms with Crippen LogP contribution < -0.4 is 4.72 Å². The third kappa shape index (κ3) is 4.02. The first-order valence-corrected chi connectivity index (χ1v) is 10.00. The van der Waals surface area contributed by atoms with Gasteiger partial charge in [0.05, 0.1) is 15.5 Å². The molecule has 0 fully saturated rings. The smallest absolute Gasteiger partial charge is 0.319 e. The fourth-order valence-corrected chi connectivity index (χ4v) is 4.14. The van der Waals surface area contributed by atoms with E-state index in [0.29, 0.717) is 6.07 Å². The van der Waals surface area contributed by atoms with Gasteiger partial charge >= 0.3 is 6.18 Å². The molecule has 0 saturated heterocycles. The number of aromatic nitrogens is 1. The number of hydrogen-bond donors (Lipinski definition) is 1. The summed E-state index contributed by atoms with van der Waals surface area (Å²) >= 11 is 5.56. The van der Waals surface area contributed by atoms with E-state index in [2.05, 4.69) is 4.72 Å².